The van der Waals surface area contributed by atoms with Gasteiger partial charge in [0.25, 0.3) is 0 Å². The average Bonchev–Trinajstić information content (AvgIpc) is 2.99. The molecule has 0 aliphatic heterocycles. The van der Waals surface area contributed by atoms with E-state index in [2.05, 4.69) is 29.7 Å². The molecule has 0 unspecified atom stereocenters. The maximum atomic E-state index is 6.35. The Morgan fingerprint density at radius 3 is 2.71 bits per heavy atom. The molecular formula is C16H19N3OS. The summed E-state index contributed by atoms with van der Waals surface area (Å²) in [6.07, 6.45) is 0. The molecule has 1 aromatic carbocycles. The molecule has 0 saturated carbocycles. The number of fused-ring (bicyclic) bond motifs is 1. The Hall–Kier alpha value is -2.01. The van der Waals surface area contributed by atoms with Gasteiger partial charge in [0, 0.05) is 16.6 Å². The molecular weight excluding hydrogens is 282 g/mol. The van der Waals surface area contributed by atoms with Crippen LogP contribution in [0.5, 0.6) is 5.75 Å². The van der Waals surface area contributed by atoms with Crippen LogP contribution in [-0.2, 0) is 0 Å². The number of thiazole rings is 1. The Morgan fingerprint density at radius 1 is 1.33 bits per heavy atom. The summed E-state index contributed by atoms with van der Waals surface area (Å²) in [6.45, 7) is 6.35. The van der Waals surface area contributed by atoms with Gasteiger partial charge in [0.2, 0.25) is 0 Å². The zero-order valence-electron chi connectivity index (χ0n) is 12.7. The molecule has 3 aromatic rings. The van der Waals surface area contributed by atoms with Crippen molar-refractivity contribution in [2.75, 3.05) is 12.8 Å². The van der Waals surface area contributed by atoms with Crippen molar-refractivity contribution in [3.8, 4) is 17.0 Å². The van der Waals surface area contributed by atoms with Crippen molar-refractivity contribution < 1.29 is 4.74 Å². The van der Waals surface area contributed by atoms with Gasteiger partial charge in [0.15, 0.2) is 4.96 Å². The number of hydrogen-bond acceptors (Lipinski definition) is 4. The Balaban J connectivity index is 2.17. The molecule has 0 amide bonds. The van der Waals surface area contributed by atoms with Crippen LogP contribution in [0, 0.1) is 6.92 Å². The van der Waals surface area contributed by atoms with Crippen molar-refractivity contribution in [2.45, 2.75) is 26.7 Å². The summed E-state index contributed by atoms with van der Waals surface area (Å²) in [5.41, 5.74) is 10.5. The first kappa shape index (κ1) is 13.9. The fraction of sp³-hybridized carbons (Fsp3) is 0.312. The summed E-state index contributed by atoms with van der Waals surface area (Å²) in [4.78, 5) is 5.64. The third-order valence-corrected chi connectivity index (χ3v) is 4.53. The van der Waals surface area contributed by atoms with Crippen LogP contribution in [0.3, 0.4) is 0 Å². The normalized spacial score (nSPS) is 11.5. The highest BCUT2D eigenvalue weighted by Gasteiger charge is 2.17. The van der Waals surface area contributed by atoms with Crippen molar-refractivity contribution in [1.29, 1.82) is 0 Å². The van der Waals surface area contributed by atoms with Crippen LogP contribution in [0.4, 0.5) is 5.82 Å². The maximum absolute atomic E-state index is 6.35. The molecule has 0 bridgehead atoms. The minimum absolute atomic E-state index is 0.417. The first-order valence-corrected chi connectivity index (χ1v) is 7.81. The van der Waals surface area contributed by atoms with Crippen LogP contribution in [0.15, 0.2) is 23.6 Å². The molecule has 4 nitrogen and oxygen atoms in total. The van der Waals surface area contributed by atoms with Crippen molar-refractivity contribution in [3.63, 3.8) is 0 Å². The van der Waals surface area contributed by atoms with E-state index in [9.17, 15) is 0 Å². The van der Waals surface area contributed by atoms with Crippen molar-refractivity contribution in [1.82, 2.24) is 9.38 Å². The summed E-state index contributed by atoms with van der Waals surface area (Å²) in [7, 11) is 1.68. The molecule has 2 aromatic heterocycles. The molecule has 0 fully saturated rings. The lowest BCUT2D eigenvalue weighted by Crippen LogP contribution is -1.99. The van der Waals surface area contributed by atoms with E-state index >= 15 is 0 Å². The van der Waals surface area contributed by atoms with E-state index in [1.807, 2.05) is 19.1 Å². The zero-order valence-corrected chi connectivity index (χ0v) is 13.5. The fourth-order valence-electron chi connectivity index (χ4n) is 2.54. The molecule has 21 heavy (non-hydrogen) atoms. The number of aromatic nitrogens is 2. The van der Waals surface area contributed by atoms with E-state index in [1.54, 1.807) is 18.4 Å². The molecule has 3 rings (SSSR count). The van der Waals surface area contributed by atoms with Gasteiger partial charge in [-0.3, -0.25) is 4.40 Å². The number of imidazole rings is 1. The SMILES string of the molecule is COc1ccc(-c2nc3scc(C(C)C)n3c2N)cc1C. The Labute approximate surface area is 128 Å². The van der Waals surface area contributed by atoms with Crippen molar-refractivity contribution >= 4 is 22.1 Å². The van der Waals surface area contributed by atoms with Crippen LogP contribution < -0.4 is 10.5 Å². The van der Waals surface area contributed by atoms with E-state index in [-0.39, 0.29) is 0 Å². The maximum Gasteiger partial charge on any atom is 0.196 e. The van der Waals surface area contributed by atoms with E-state index in [1.165, 1.54) is 5.69 Å². The first-order valence-electron chi connectivity index (χ1n) is 6.93. The van der Waals surface area contributed by atoms with Gasteiger partial charge in [-0.2, -0.15) is 0 Å². The van der Waals surface area contributed by atoms with E-state index in [4.69, 9.17) is 15.5 Å². The van der Waals surface area contributed by atoms with Gasteiger partial charge in [-0.05, 0) is 36.6 Å². The van der Waals surface area contributed by atoms with Crippen LogP contribution in [0.2, 0.25) is 0 Å². The lowest BCUT2D eigenvalue weighted by Gasteiger charge is -2.07. The number of aryl methyl sites for hydroxylation is 1. The lowest BCUT2D eigenvalue weighted by atomic mass is 10.1. The third kappa shape index (κ3) is 2.17. The second-order valence-corrected chi connectivity index (χ2v) is 6.30. The average molecular weight is 301 g/mol. The van der Waals surface area contributed by atoms with Gasteiger partial charge in [0.1, 0.15) is 17.3 Å². The zero-order chi connectivity index (χ0) is 15.1. The largest absolute Gasteiger partial charge is 0.496 e. The highest BCUT2D eigenvalue weighted by molar-refractivity contribution is 7.15. The molecule has 0 saturated heterocycles. The van der Waals surface area contributed by atoms with E-state index in [0.29, 0.717) is 11.7 Å². The summed E-state index contributed by atoms with van der Waals surface area (Å²) < 4.78 is 7.37. The molecule has 110 valence electrons. The second-order valence-electron chi connectivity index (χ2n) is 5.46. The topological polar surface area (TPSA) is 52.5 Å². The lowest BCUT2D eigenvalue weighted by molar-refractivity contribution is 0.412. The minimum Gasteiger partial charge on any atom is -0.496 e. The summed E-state index contributed by atoms with van der Waals surface area (Å²) in [5.74, 6) is 2.00. The number of nitrogens with two attached hydrogens (primary N) is 1. The molecule has 0 spiro atoms. The van der Waals surface area contributed by atoms with Gasteiger partial charge >= 0.3 is 0 Å². The summed E-state index contributed by atoms with van der Waals surface area (Å²) >= 11 is 1.63. The smallest absolute Gasteiger partial charge is 0.196 e. The number of anilines is 1. The number of ether oxygens (including phenoxy) is 1. The van der Waals surface area contributed by atoms with Crippen molar-refractivity contribution in [2.24, 2.45) is 0 Å². The van der Waals surface area contributed by atoms with Gasteiger partial charge in [-0.15, -0.1) is 11.3 Å². The van der Waals surface area contributed by atoms with Gasteiger partial charge < -0.3 is 10.5 Å². The van der Waals surface area contributed by atoms with Crippen LogP contribution in [0.25, 0.3) is 16.2 Å². The highest BCUT2D eigenvalue weighted by Crippen LogP contribution is 2.34. The van der Waals surface area contributed by atoms with Crippen molar-refractivity contribution in [3.05, 3.63) is 34.8 Å². The Kier molecular flexibility index (Phi) is 3.37. The highest BCUT2D eigenvalue weighted by atomic mass is 32.1. The molecule has 5 heteroatoms. The molecule has 0 radical (unpaired) electrons. The molecule has 0 aliphatic carbocycles. The number of nitrogen functional groups attached to an aromatic ring is 1. The standard InChI is InChI=1S/C16H19N3OS/c1-9(2)12-8-21-16-18-14(15(17)19(12)16)11-5-6-13(20-4)10(3)7-11/h5-9H,17H2,1-4H3. The number of nitrogens with zero attached hydrogens (tertiary/aromatic N) is 2. The van der Waals surface area contributed by atoms with E-state index in [0.717, 1.165) is 27.5 Å². The Bertz CT molecular complexity index is 801. The number of benzene rings is 1. The number of hydrogen-bond donors (Lipinski definition) is 1. The van der Waals surface area contributed by atoms with Gasteiger partial charge in [-0.1, -0.05) is 13.8 Å². The minimum atomic E-state index is 0.417. The van der Waals surface area contributed by atoms with E-state index < -0.39 is 0 Å². The molecule has 2 heterocycles. The molecule has 0 atom stereocenters. The first-order chi connectivity index (χ1) is 10.0. The van der Waals surface area contributed by atoms with Gasteiger partial charge in [-0.25, -0.2) is 4.98 Å². The van der Waals surface area contributed by atoms with Crippen LogP contribution in [-0.4, -0.2) is 16.5 Å². The number of methoxy groups -OCH3 is 1. The number of rotatable bonds is 3. The Morgan fingerprint density at radius 2 is 2.10 bits per heavy atom. The predicted octanol–water partition coefficient (Wildman–Crippen LogP) is 4.09. The monoisotopic (exact) mass is 301 g/mol. The van der Waals surface area contributed by atoms with Crippen LogP contribution in [0.1, 0.15) is 31.0 Å². The molecule has 0 aliphatic rings. The molecule has 2 N–H and O–H groups in total. The quantitative estimate of drug-likeness (QED) is 0.793. The third-order valence-electron chi connectivity index (χ3n) is 3.69. The van der Waals surface area contributed by atoms with Crippen LogP contribution >= 0.6 is 11.3 Å². The summed E-state index contributed by atoms with van der Waals surface area (Å²) in [5, 5.41) is 2.13. The van der Waals surface area contributed by atoms with Gasteiger partial charge in [0.05, 0.1) is 7.11 Å². The predicted molar refractivity (Wildman–Crippen MR) is 88.3 cm³/mol. The second kappa shape index (κ2) is 5.07. The fourth-order valence-corrected chi connectivity index (χ4v) is 3.60. The summed E-state index contributed by atoms with van der Waals surface area (Å²) in [6, 6.07) is 6.03.